The van der Waals surface area contributed by atoms with E-state index in [-0.39, 0.29) is 34.4 Å². The molecule has 2 aromatic carbocycles. The molecular formula is C29H31FN4O2S. The van der Waals surface area contributed by atoms with E-state index in [4.69, 9.17) is 0 Å². The normalized spacial score (nSPS) is 18.2. The van der Waals surface area contributed by atoms with Gasteiger partial charge in [-0.3, -0.25) is 9.59 Å². The molecule has 37 heavy (non-hydrogen) atoms. The molecule has 8 heteroatoms. The Labute approximate surface area is 221 Å². The number of aryl methyl sites for hydroxylation is 1. The van der Waals surface area contributed by atoms with Crippen molar-refractivity contribution in [2.24, 2.45) is 0 Å². The number of carbonyl (C=O) groups excluding carboxylic acids is 2. The van der Waals surface area contributed by atoms with Gasteiger partial charge in [0.25, 0.3) is 5.91 Å². The summed E-state index contributed by atoms with van der Waals surface area (Å²) in [6.45, 7) is 3.62. The number of hydrogen-bond donors (Lipinski definition) is 3. The highest BCUT2D eigenvalue weighted by Crippen LogP contribution is 2.41. The third kappa shape index (κ3) is 6.23. The molecule has 1 fully saturated rings. The molecule has 0 spiro atoms. The average molecular weight is 519 g/mol. The first-order valence-corrected chi connectivity index (χ1v) is 13.5. The van der Waals surface area contributed by atoms with Crippen molar-refractivity contribution in [1.82, 2.24) is 10.6 Å². The summed E-state index contributed by atoms with van der Waals surface area (Å²) in [5.74, 6) is -1.82. The van der Waals surface area contributed by atoms with Crippen LogP contribution in [0.25, 0.3) is 0 Å². The standard InChI is InChI=1S/C29H31FN4O2S/c1-18-10-6-9-15-24(18)34-28(36)26-19(2)32-29(37-17-25(35)33-20-11-4-3-5-12-20)22(16-31)27(26)21-13-7-8-14-23(21)30/h6-10,13-15,20,27,32H,3-5,11-12,17H2,1-2H3,(H,33,35)(H,34,36)/t27-/m1/s1. The van der Waals surface area contributed by atoms with Gasteiger partial charge in [0.2, 0.25) is 5.91 Å². The van der Waals surface area contributed by atoms with Gasteiger partial charge in [0.15, 0.2) is 0 Å². The van der Waals surface area contributed by atoms with Crippen molar-refractivity contribution in [3.05, 3.63) is 87.3 Å². The summed E-state index contributed by atoms with van der Waals surface area (Å²) in [6.07, 6.45) is 5.40. The van der Waals surface area contributed by atoms with Gasteiger partial charge in [-0.1, -0.05) is 67.4 Å². The van der Waals surface area contributed by atoms with Crippen molar-refractivity contribution >= 4 is 29.3 Å². The smallest absolute Gasteiger partial charge is 0.254 e. The van der Waals surface area contributed by atoms with Gasteiger partial charge in [0.1, 0.15) is 5.82 Å². The Bertz CT molecular complexity index is 1290. The Morgan fingerprint density at radius 2 is 1.78 bits per heavy atom. The number of benzene rings is 2. The summed E-state index contributed by atoms with van der Waals surface area (Å²) >= 11 is 1.20. The monoisotopic (exact) mass is 518 g/mol. The zero-order valence-electron chi connectivity index (χ0n) is 21.1. The molecule has 1 atom stereocenters. The number of nitrogens with one attached hydrogen (secondary N) is 3. The maximum absolute atomic E-state index is 15.1. The third-order valence-electron chi connectivity index (χ3n) is 6.82. The lowest BCUT2D eigenvalue weighted by atomic mass is 9.82. The van der Waals surface area contributed by atoms with Gasteiger partial charge in [-0.05, 0) is 44.4 Å². The second-order valence-electron chi connectivity index (χ2n) is 9.43. The molecule has 0 bridgehead atoms. The lowest BCUT2D eigenvalue weighted by molar-refractivity contribution is -0.119. The van der Waals surface area contributed by atoms with Crippen LogP contribution >= 0.6 is 11.8 Å². The highest BCUT2D eigenvalue weighted by atomic mass is 32.2. The van der Waals surface area contributed by atoms with Crippen LogP contribution in [0.3, 0.4) is 0 Å². The van der Waals surface area contributed by atoms with Crippen LogP contribution in [-0.2, 0) is 9.59 Å². The second-order valence-corrected chi connectivity index (χ2v) is 10.4. The fraction of sp³-hybridized carbons (Fsp3) is 0.345. The van der Waals surface area contributed by atoms with Crippen molar-refractivity contribution in [1.29, 1.82) is 5.26 Å². The molecule has 0 radical (unpaired) electrons. The van der Waals surface area contributed by atoms with Gasteiger partial charge >= 0.3 is 0 Å². The van der Waals surface area contributed by atoms with Crippen LogP contribution in [0.5, 0.6) is 0 Å². The Balaban J connectivity index is 1.63. The number of para-hydroxylation sites is 1. The predicted octanol–water partition coefficient (Wildman–Crippen LogP) is 5.65. The minimum absolute atomic E-state index is 0.101. The summed E-state index contributed by atoms with van der Waals surface area (Å²) in [6, 6.07) is 16.0. The molecule has 3 N–H and O–H groups in total. The highest BCUT2D eigenvalue weighted by molar-refractivity contribution is 8.03. The lowest BCUT2D eigenvalue weighted by Gasteiger charge is -2.30. The minimum atomic E-state index is -0.916. The van der Waals surface area contributed by atoms with Gasteiger partial charge in [0, 0.05) is 28.6 Å². The lowest BCUT2D eigenvalue weighted by Crippen LogP contribution is -2.37. The van der Waals surface area contributed by atoms with Crippen LogP contribution in [0.4, 0.5) is 10.1 Å². The molecule has 1 saturated carbocycles. The Kier molecular flexibility index (Phi) is 8.67. The van der Waals surface area contributed by atoms with E-state index in [1.165, 1.54) is 24.2 Å². The number of nitriles is 1. The fourth-order valence-corrected chi connectivity index (χ4v) is 5.81. The van der Waals surface area contributed by atoms with Crippen LogP contribution in [0.2, 0.25) is 0 Å². The topological polar surface area (TPSA) is 94.0 Å². The van der Waals surface area contributed by atoms with E-state index < -0.39 is 17.6 Å². The first-order valence-electron chi connectivity index (χ1n) is 12.5. The van der Waals surface area contributed by atoms with Crippen molar-refractivity contribution in [2.75, 3.05) is 11.1 Å². The number of hydrogen-bond acceptors (Lipinski definition) is 5. The summed E-state index contributed by atoms with van der Waals surface area (Å²) in [5, 5.41) is 19.8. The number of amides is 2. The van der Waals surface area contributed by atoms with Crippen LogP contribution in [-0.4, -0.2) is 23.6 Å². The summed E-state index contributed by atoms with van der Waals surface area (Å²) in [4.78, 5) is 26.2. The number of dihydropyridines is 1. The minimum Gasteiger partial charge on any atom is -0.353 e. The van der Waals surface area contributed by atoms with E-state index in [2.05, 4.69) is 22.0 Å². The average Bonchev–Trinajstić information content (AvgIpc) is 2.89. The first kappa shape index (κ1) is 26.5. The van der Waals surface area contributed by atoms with Gasteiger partial charge in [0.05, 0.1) is 28.3 Å². The molecule has 6 nitrogen and oxygen atoms in total. The molecule has 1 aliphatic carbocycles. The zero-order valence-corrected chi connectivity index (χ0v) is 21.9. The Morgan fingerprint density at radius 1 is 1.08 bits per heavy atom. The van der Waals surface area contributed by atoms with E-state index in [0.717, 1.165) is 31.2 Å². The van der Waals surface area contributed by atoms with Gasteiger partial charge in [-0.25, -0.2) is 4.39 Å². The molecule has 0 unspecified atom stereocenters. The quantitative estimate of drug-likeness (QED) is 0.440. The van der Waals surface area contributed by atoms with Crippen molar-refractivity contribution in [3.63, 3.8) is 0 Å². The zero-order chi connectivity index (χ0) is 26.4. The summed E-state index contributed by atoms with van der Waals surface area (Å²) in [7, 11) is 0. The van der Waals surface area contributed by atoms with Crippen LogP contribution in [0.15, 0.2) is 70.4 Å². The van der Waals surface area contributed by atoms with Crippen LogP contribution in [0.1, 0.15) is 56.1 Å². The maximum atomic E-state index is 15.1. The molecule has 192 valence electrons. The molecule has 0 saturated heterocycles. The second kappa shape index (κ2) is 12.1. The van der Waals surface area contributed by atoms with Crippen molar-refractivity contribution in [2.45, 2.75) is 57.9 Å². The van der Waals surface area contributed by atoms with Crippen LogP contribution < -0.4 is 16.0 Å². The molecule has 0 aromatic heterocycles. The van der Waals surface area contributed by atoms with E-state index in [1.807, 2.05) is 25.1 Å². The van der Waals surface area contributed by atoms with Gasteiger partial charge < -0.3 is 16.0 Å². The van der Waals surface area contributed by atoms with Crippen molar-refractivity contribution in [3.8, 4) is 6.07 Å². The molecule has 4 rings (SSSR count). The molecular weight excluding hydrogens is 487 g/mol. The SMILES string of the molecule is CC1=C(C(=O)Nc2ccccc2C)[C@H](c2ccccc2F)C(C#N)=C(SCC(=O)NC2CCCCC2)N1. The van der Waals surface area contributed by atoms with Crippen molar-refractivity contribution < 1.29 is 14.0 Å². The highest BCUT2D eigenvalue weighted by Gasteiger charge is 2.36. The van der Waals surface area contributed by atoms with E-state index >= 15 is 4.39 Å². The first-order chi connectivity index (χ1) is 17.9. The van der Waals surface area contributed by atoms with Gasteiger partial charge in [-0.15, -0.1) is 0 Å². The molecule has 1 aliphatic heterocycles. The molecule has 1 heterocycles. The molecule has 2 aromatic rings. The number of rotatable bonds is 7. The number of allylic oxidation sites excluding steroid dienone is 2. The number of carbonyl (C=O) groups is 2. The number of nitrogens with zero attached hydrogens (tertiary/aromatic N) is 1. The fourth-order valence-electron chi connectivity index (χ4n) is 4.90. The Morgan fingerprint density at radius 3 is 2.49 bits per heavy atom. The number of halogens is 1. The molecule has 2 amide bonds. The summed E-state index contributed by atoms with van der Waals surface area (Å²) < 4.78 is 15.1. The predicted molar refractivity (Wildman–Crippen MR) is 145 cm³/mol. The van der Waals surface area contributed by atoms with E-state index in [0.29, 0.717) is 16.4 Å². The van der Waals surface area contributed by atoms with Crippen LogP contribution in [0, 0.1) is 24.1 Å². The van der Waals surface area contributed by atoms with E-state index in [9.17, 15) is 14.9 Å². The van der Waals surface area contributed by atoms with Gasteiger partial charge in [-0.2, -0.15) is 5.26 Å². The summed E-state index contributed by atoms with van der Waals surface area (Å²) in [5.41, 5.74) is 2.74. The maximum Gasteiger partial charge on any atom is 0.254 e. The van der Waals surface area contributed by atoms with E-state index in [1.54, 1.807) is 31.2 Å². The Hall–Kier alpha value is -3.57. The number of thioether (sulfide) groups is 1. The largest absolute Gasteiger partial charge is 0.353 e. The third-order valence-corrected chi connectivity index (χ3v) is 7.84. The number of anilines is 1. The molecule has 2 aliphatic rings.